The van der Waals surface area contributed by atoms with Gasteiger partial charge in [-0.1, -0.05) is 0 Å². The molecule has 0 aliphatic carbocycles. The van der Waals surface area contributed by atoms with Gasteiger partial charge in [0.15, 0.2) is 0 Å². The number of benzene rings is 1. The number of ether oxygens (including phenoxy) is 1. The summed E-state index contributed by atoms with van der Waals surface area (Å²) in [6.45, 7) is 1.96. The lowest BCUT2D eigenvalue weighted by Gasteiger charge is -2.13. The predicted octanol–water partition coefficient (Wildman–Crippen LogP) is 2.34. The average Bonchev–Trinajstić information content (AvgIpc) is 2.92. The van der Waals surface area contributed by atoms with Crippen LogP contribution in [0.4, 0.5) is 0 Å². The van der Waals surface area contributed by atoms with E-state index in [0.717, 1.165) is 22.3 Å². The smallest absolute Gasteiger partial charge is 0.268 e. The summed E-state index contributed by atoms with van der Waals surface area (Å²) in [4.78, 5) is 20.9. The fourth-order valence-corrected chi connectivity index (χ4v) is 2.77. The summed E-state index contributed by atoms with van der Waals surface area (Å²) in [7, 11) is 3.52. The number of hydrogen-bond acceptors (Lipinski definition) is 4. The highest BCUT2D eigenvalue weighted by atomic mass is 16.5. The third-order valence-corrected chi connectivity index (χ3v) is 3.99. The van der Waals surface area contributed by atoms with Crippen LogP contribution in [-0.4, -0.2) is 33.6 Å². The molecule has 2 aromatic heterocycles. The molecule has 0 bridgehead atoms. The van der Waals surface area contributed by atoms with E-state index in [1.165, 1.54) is 0 Å². The van der Waals surface area contributed by atoms with E-state index in [1.54, 1.807) is 25.7 Å². The van der Waals surface area contributed by atoms with Crippen LogP contribution in [0.2, 0.25) is 0 Å². The van der Waals surface area contributed by atoms with Crippen molar-refractivity contribution >= 4 is 16.8 Å². The molecule has 0 aliphatic rings. The van der Waals surface area contributed by atoms with E-state index < -0.39 is 0 Å². The van der Waals surface area contributed by atoms with Crippen molar-refractivity contribution in [2.45, 2.75) is 19.4 Å². The molecule has 1 unspecified atom stereocenters. The average molecular weight is 324 g/mol. The lowest BCUT2D eigenvalue weighted by molar-refractivity contribution is 0.0932. The van der Waals surface area contributed by atoms with Gasteiger partial charge in [0.05, 0.1) is 12.8 Å². The van der Waals surface area contributed by atoms with Crippen molar-refractivity contribution in [2.24, 2.45) is 7.05 Å². The lowest BCUT2D eigenvalue weighted by Crippen LogP contribution is -2.35. The van der Waals surface area contributed by atoms with Gasteiger partial charge >= 0.3 is 0 Å². The van der Waals surface area contributed by atoms with E-state index in [9.17, 15) is 4.79 Å². The first-order valence-electron chi connectivity index (χ1n) is 7.77. The van der Waals surface area contributed by atoms with Gasteiger partial charge in [0, 0.05) is 49.0 Å². The Morgan fingerprint density at radius 3 is 2.88 bits per heavy atom. The lowest BCUT2D eigenvalue weighted by atomic mass is 10.2. The molecule has 0 saturated heterocycles. The molecule has 1 N–H and O–H groups in total. The third-order valence-electron chi connectivity index (χ3n) is 3.99. The maximum absolute atomic E-state index is 12.6. The molecule has 0 radical (unpaired) electrons. The zero-order chi connectivity index (χ0) is 17.1. The van der Waals surface area contributed by atoms with Gasteiger partial charge in [-0.2, -0.15) is 0 Å². The van der Waals surface area contributed by atoms with Crippen LogP contribution in [0.15, 0.2) is 42.9 Å². The molecular weight excluding hydrogens is 304 g/mol. The molecule has 1 atom stereocenters. The molecule has 6 heteroatoms. The second-order valence-corrected chi connectivity index (χ2v) is 5.79. The van der Waals surface area contributed by atoms with Crippen LogP contribution in [0.5, 0.6) is 5.75 Å². The van der Waals surface area contributed by atoms with E-state index >= 15 is 0 Å². The quantitative estimate of drug-likeness (QED) is 0.782. The van der Waals surface area contributed by atoms with Crippen molar-refractivity contribution in [3.05, 3.63) is 54.2 Å². The maximum atomic E-state index is 12.6. The molecular formula is C18H20N4O2. The van der Waals surface area contributed by atoms with Gasteiger partial charge in [0.25, 0.3) is 5.91 Å². The number of aromatic nitrogens is 3. The Morgan fingerprint density at radius 2 is 2.17 bits per heavy atom. The van der Waals surface area contributed by atoms with Crippen LogP contribution in [0.25, 0.3) is 10.9 Å². The highest BCUT2D eigenvalue weighted by molar-refractivity contribution is 5.99. The molecule has 0 spiro atoms. The van der Waals surface area contributed by atoms with Gasteiger partial charge in [-0.25, -0.2) is 0 Å². The first kappa shape index (κ1) is 16.0. The van der Waals surface area contributed by atoms with Crippen molar-refractivity contribution in [3.63, 3.8) is 0 Å². The van der Waals surface area contributed by atoms with Crippen LogP contribution in [0.1, 0.15) is 23.1 Å². The second-order valence-electron chi connectivity index (χ2n) is 5.79. The number of rotatable bonds is 5. The van der Waals surface area contributed by atoms with Gasteiger partial charge in [-0.05, 0) is 31.2 Å². The standard InChI is InChI=1S/C18H20N4O2/c1-12(8-14-11-19-6-7-20-14)21-18(23)17-10-13-9-15(24-3)4-5-16(13)22(17)2/h4-7,9-12H,8H2,1-3H3,(H,21,23). The maximum Gasteiger partial charge on any atom is 0.268 e. The van der Waals surface area contributed by atoms with Gasteiger partial charge in [0.2, 0.25) is 0 Å². The largest absolute Gasteiger partial charge is 0.497 e. The Morgan fingerprint density at radius 1 is 1.33 bits per heavy atom. The molecule has 124 valence electrons. The number of carbonyl (C=O) groups excluding carboxylic acids is 1. The van der Waals surface area contributed by atoms with Crippen molar-refractivity contribution in [2.75, 3.05) is 7.11 Å². The van der Waals surface area contributed by atoms with Gasteiger partial charge < -0.3 is 14.6 Å². The van der Waals surface area contributed by atoms with E-state index in [1.807, 2.05) is 42.8 Å². The Labute approximate surface area is 140 Å². The first-order chi connectivity index (χ1) is 11.6. The highest BCUT2D eigenvalue weighted by Crippen LogP contribution is 2.23. The molecule has 2 heterocycles. The first-order valence-corrected chi connectivity index (χ1v) is 7.77. The van der Waals surface area contributed by atoms with Gasteiger partial charge in [0.1, 0.15) is 11.4 Å². The minimum Gasteiger partial charge on any atom is -0.497 e. The Balaban J connectivity index is 1.77. The molecule has 3 aromatic rings. The molecule has 0 fully saturated rings. The summed E-state index contributed by atoms with van der Waals surface area (Å²) in [5.74, 6) is 0.667. The third kappa shape index (κ3) is 3.22. The Bertz CT molecular complexity index is 858. The molecule has 1 amide bonds. The van der Waals surface area contributed by atoms with E-state index in [4.69, 9.17) is 4.74 Å². The minimum atomic E-state index is -0.107. The Kier molecular flexibility index (Phi) is 4.46. The van der Waals surface area contributed by atoms with E-state index in [2.05, 4.69) is 15.3 Å². The van der Waals surface area contributed by atoms with Crippen LogP contribution < -0.4 is 10.1 Å². The molecule has 0 aliphatic heterocycles. The van der Waals surface area contributed by atoms with E-state index in [-0.39, 0.29) is 11.9 Å². The molecule has 0 saturated carbocycles. The fourth-order valence-electron chi connectivity index (χ4n) is 2.77. The van der Waals surface area contributed by atoms with Gasteiger partial charge in [-0.15, -0.1) is 0 Å². The van der Waals surface area contributed by atoms with Crippen LogP contribution >= 0.6 is 0 Å². The number of aryl methyl sites for hydroxylation is 1. The number of amides is 1. The number of nitrogens with one attached hydrogen (secondary N) is 1. The van der Waals surface area contributed by atoms with Crippen molar-refractivity contribution in [1.29, 1.82) is 0 Å². The molecule has 3 rings (SSSR count). The molecule has 1 aromatic carbocycles. The number of methoxy groups -OCH3 is 1. The predicted molar refractivity (Wildman–Crippen MR) is 92.1 cm³/mol. The molecule has 24 heavy (non-hydrogen) atoms. The summed E-state index contributed by atoms with van der Waals surface area (Å²) in [6.07, 6.45) is 5.64. The SMILES string of the molecule is COc1ccc2c(c1)cc(C(=O)NC(C)Cc1cnccn1)n2C. The normalized spacial score (nSPS) is 12.1. The van der Waals surface area contributed by atoms with E-state index in [0.29, 0.717) is 12.1 Å². The zero-order valence-electron chi connectivity index (χ0n) is 14.0. The summed E-state index contributed by atoms with van der Waals surface area (Å²) in [5.41, 5.74) is 2.46. The van der Waals surface area contributed by atoms with Crippen LogP contribution in [0.3, 0.4) is 0 Å². The minimum absolute atomic E-state index is 0.0400. The van der Waals surface area contributed by atoms with Crippen molar-refractivity contribution < 1.29 is 9.53 Å². The number of hydrogen-bond donors (Lipinski definition) is 1. The summed E-state index contributed by atoms with van der Waals surface area (Å²) < 4.78 is 7.13. The van der Waals surface area contributed by atoms with Gasteiger partial charge in [-0.3, -0.25) is 14.8 Å². The number of carbonyl (C=O) groups is 1. The number of fused-ring (bicyclic) bond motifs is 1. The number of nitrogens with zero attached hydrogens (tertiary/aromatic N) is 3. The van der Waals surface area contributed by atoms with Crippen LogP contribution in [0, 0.1) is 0 Å². The highest BCUT2D eigenvalue weighted by Gasteiger charge is 2.16. The molecule has 6 nitrogen and oxygen atoms in total. The zero-order valence-corrected chi connectivity index (χ0v) is 14.0. The van der Waals surface area contributed by atoms with Crippen LogP contribution in [-0.2, 0) is 13.5 Å². The summed E-state index contributed by atoms with van der Waals surface area (Å²) in [6, 6.07) is 7.60. The van der Waals surface area contributed by atoms with Crippen molar-refractivity contribution in [3.8, 4) is 5.75 Å². The fraction of sp³-hybridized carbons (Fsp3) is 0.278. The Hall–Kier alpha value is -2.89. The topological polar surface area (TPSA) is 69.0 Å². The monoisotopic (exact) mass is 324 g/mol. The second kappa shape index (κ2) is 6.70. The van der Waals surface area contributed by atoms with Crippen molar-refractivity contribution in [1.82, 2.24) is 19.9 Å². The summed E-state index contributed by atoms with van der Waals surface area (Å²) in [5, 5.41) is 3.99. The summed E-state index contributed by atoms with van der Waals surface area (Å²) >= 11 is 0.